The van der Waals surface area contributed by atoms with E-state index in [9.17, 15) is 18.0 Å². The largest absolute Gasteiger partial charge is 0.494 e. The number of ether oxygens (including phenoxy) is 1. The Labute approximate surface area is 242 Å². The second-order valence-electron chi connectivity index (χ2n) is 10.2. The zero-order valence-electron chi connectivity index (χ0n) is 24.2. The first-order valence-electron chi connectivity index (χ1n) is 13.2. The summed E-state index contributed by atoms with van der Waals surface area (Å²) in [7, 11) is 7.40. The summed E-state index contributed by atoms with van der Waals surface area (Å²) < 4.78 is 46.9. The average molecular weight is 582 g/mol. The molecule has 9 nitrogen and oxygen atoms in total. The maximum Gasteiger partial charge on any atom is 0.406 e. The number of carbonyl (C=O) groups is 1. The Morgan fingerprint density at radius 1 is 1.12 bits per heavy atom. The Morgan fingerprint density at radius 2 is 1.88 bits per heavy atom. The summed E-state index contributed by atoms with van der Waals surface area (Å²) in [6.45, 7) is 5.73. The number of amides is 1. The molecule has 0 aliphatic rings. The number of anilines is 4. The number of likely N-dealkylation sites (N-methyl/N-ethyl adjacent to an activating group) is 2. The summed E-state index contributed by atoms with van der Waals surface area (Å²) in [6.07, 6.45) is -0.203. The van der Waals surface area contributed by atoms with Gasteiger partial charge in [0.15, 0.2) is 0 Å². The van der Waals surface area contributed by atoms with Crippen molar-refractivity contribution < 1.29 is 22.7 Å². The van der Waals surface area contributed by atoms with Crippen LogP contribution < -0.4 is 20.3 Å². The molecule has 0 radical (unpaired) electrons. The SMILES string of the molecule is C=CC(=O)Nc1cc(Nc2nccc(-c3cn(CC(F)(F)F)c4cc(C)ccc34)n2)c(OC)cc1N(C)CCN(C)C. The van der Waals surface area contributed by atoms with Gasteiger partial charge in [-0.15, -0.1) is 0 Å². The molecule has 1 amide bonds. The summed E-state index contributed by atoms with van der Waals surface area (Å²) in [5.74, 6) is 0.297. The predicted molar refractivity (Wildman–Crippen MR) is 161 cm³/mol. The van der Waals surface area contributed by atoms with Crippen LogP contribution in [0.25, 0.3) is 22.2 Å². The molecule has 4 aromatic rings. The minimum atomic E-state index is -4.38. The predicted octanol–water partition coefficient (Wildman–Crippen LogP) is 5.84. The van der Waals surface area contributed by atoms with Gasteiger partial charge in [-0.1, -0.05) is 18.7 Å². The summed E-state index contributed by atoms with van der Waals surface area (Å²) in [5, 5.41) is 6.64. The number of aromatic nitrogens is 3. The van der Waals surface area contributed by atoms with Crippen LogP contribution in [0.1, 0.15) is 5.56 Å². The molecule has 0 bridgehead atoms. The molecule has 42 heavy (non-hydrogen) atoms. The fourth-order valence-electron chi connectivity index (χ4n) is 4.53. The summed E-state index contributed by atoms with van der Waals surface area (Å²) in [6, 6.07) is 10.5. The fraction of sp³-hybridized carbons (Fsp3) is 0.300. The summed E-state index contributed by atoms with van der Waals surface area (Å²) in [5.41, 5.74) is 4.04. The lowest BCUT2D eigenvalue weighted by molar-refractivity contribution is -0.139. The van der Waals surface area contributed by atoms with Crippen LogP contribution in [-0.4, -0.2) is 72.9 Å². The van der Waals surface area contributed by atoms with E-state index in [1.54, 1.807) is 30.3 Å². The topological polar surface area (TPSA) is 87.5 Å². The van der Waals surface area contributed by atoms with Gasteiger partial charge in [-0.05, 0) is 50.9 Å². The van der Waals surface area contributed by atoms with Crippen LogP contribution in [0.4, 0.5) is 36.2 Å². The molecule has 0 spiro atoms. The van der Waals surface area contributed by atoms with Crippen molar-refractivity contribution in [3.8, 4) is 17.0 Å². The van der Waals surface area contributed by atoms with Gasteiger partial charge in [-0.3, -0.25) is 4.79 Å². The van der Waals surface area contributed by atoms with E-state index in [1.807, 2.05) is 39.0 Å². The molecule has 2 aromatic carbocycles. The van der Waals surface area contributed by atoms with Gasteiger partial charge in [0.25, 0.3) is 0 Å². The van der Waals surface area contributed by atoms with Crippen molar-refractivity contribution >= 4 is 39.8 Å². The number of hydrogen-bond donors (Lipinski definition) is 2. The van der Waals surface area contributed by atoms with Gasteiger partial charge in [-0.25, -0.2) is 9.97 Å². The number of benzene rings is 2. The molecule has 0 atom stereocenters. The van der Waals surface area contributed by atoms with Gasteiger partial charge in [0.05, 0.1) is 29.9 Å². The number of carbonyl (C=O) groups excluding carboxylic acids is 1. The van der Waals surface area contributed by atoms with E-state index in [0.717, 1.165) is 17.8 Å². The molecule has 12 heteroatoms. The van der Waals surface area contributed by atoms with Crippen molar-refractivity contribution in [3.05, 3.63) is 67.0 Å². The number of rotatable bonds is 11. The molecular formula is C30H34F3N7O2. The highest BCUT2D eigenvalue weighted by Gasteiger charge is 2.29. The Balaban J connectivity index is 1.73. The number of nitrogens with zero attached hydrogens (tertiary/aromatic N) is 5. The van der Waals surface area contributed by atoms with Crippen LogP contribution in [-0.2, 0) is 11.3 Å². The Hall–Kier alpha value is -4.58. The van der Waals surface area contributed by atoms with E-state index in [4.69, 9.17) is 4.74 Å². The number of fused-ring (bicyclic) bond motifs is 1. The third-order valence-electron chi connectivity index (χ3n) is 6.62. The number of aryl methyl sites for hydroxylation is 1. The van der Waals surface area contributed by atoms with Gasteiger partial charge < -0.3 is 29.7 Å². The molecule has 2 N–H and O–H groups in total. The highest BCUT2D eigenvalue weighted by Crippen LogP contribution is 2.38. The third-order valence-corrected chi connectivity index (χ3v) is 6.62. The molecule has 2 aromatic heterocycles. The molecule has 0 unspecified atom stereocenters. The zero-order chi connectivity index (χ0) is 30.6. The lowest BCUT2D eigenvalue weighted by Crippen LogP contribution is -2.29. The third kappa shape index (κ3) is 7.19. The van der Waals surface area contributed by atoms with Gasteiger partial charge >= 0.3 is 6.18 Å². The monoisotopic (exact) mass is 581 g/mol. The smallest absolute Gasteiger partial charge is 0.406 e. The number of halogens is 3. The molecule has 0 aliphatic carbocycles. The van der Waals surface area contributed by atoms with Crippen LogP contribution in [0.5, 0.6) is 5.75 Å². The molecule has 0 aliphatic heterocycles. The van der Waals surface area contributed by atoms with Crippen molar-refractivity contribution in [2.24, 2.45) is 0 Å². The second kappa shape index (κ2) is 12.5. The van der Waals surface area contributed by atoms with Crippen LogP contribution in [0.3, 0.4) is 0 Å². The highest BCUT2D eigenvalue weighted by molar-refractivity contribution is 6.02. The second-order valence-corrected chi connectivity index (χ2v) is 10.2. The molecule has 4 rings (SSSR count). The molecular weight excluding hydrogens is 547 g/mol. The molecule has 0 saturated heterocycles. The van der Waals surface area contributed by atoms with E-state index in [1.165, 1.54) is 30.1 Å². The Bertz CT molecular complexity index is 1600. The lowest BCUT2D eigenvalue weighted by atomic mass is 10.1. The number of hydrogen-bond acceptors (Lipinski definition) is 7. The van der Waals surface area contributed by atoms with Crippen LogP contribution in [0.2, 0.25) is 0 Å². The molecule has 222 valence electrons. The quantitative estimate of drug-likeness (QED) is 0.215. The van der Waals surface area contributed by atoms with Crippen molar-refractivity contribution in [2.75, 3.05) is 56.9 Å². The van der Waals surface area contributed by atoms with Crippen molar-refractivity contribution in [3.63, 3.8) is 0 Å². The zero-order valence-corrected chi connectivity index (χ0v) is 24.2. The van der Waals surface area contributed by atoms with Gasteiger partial charge in [0.2, 0.25) is 11.9 Å². The van der Waals surface area contributed by atoms with E-state index in [0.29, 0.717) is 45.8 Å². The first kappa shape index (κ1) is 30.4. The minimum absolute atomic E-state index is 0.198. The minimum Gasteiger partial charge on any atom is -0.494 e. The fourth-order valence-corrected chi connectivity index (χ4v) is 4.53. The van der Waals surface area contributed by atoms with Gasteiger partial charge in [-0.2, -0.15) is 13.2 Å². The van der Waals surface area contributed by atoms with E-state index in [2.05, 4.69) is 32.1 Å². The highest BCUT2D eigenvalue weighted by atomic mass is 19.4. The lowest BCUT2D eigenvalue weighted by Gasteiger charge is -2.26. The van der Waals surface area contributed by atoms with Crippen LogP contribution in [0.15, 0.2) is 61.4 Å². The Kier molecular flexibility index (Phi) is 9.05. The number of nitrogens with one attached hydrogen (secondary N) is 2. The molecule has 2 heterocycles. The van der Waals surface area contributed by atoms with Gasteiger partial charge in [0.1, 0.15) is 12.3 Å². The maximum absolute atomic E-state index is 13.3. The van der Waals surface area contributed by atoms with E-state index < -0.39 is 12.7 Å². The van der Waals surface area contributed by atoms with E-state index in [-0.39, 0.29) is 11.9 Å². The van der Waals surface area contributed by atoms with Crippen molar-refractivity contribution in [2.45, 2.75) is 19.6 Å². The number of methoxy groups -OCH3 is 1. The molecule has 0 fully saturated rings. The standard InChI is InChI=1S/C30H34F3N7O2/c1-7-28(41)35-23-15-24(27(42-6)16-26(23)39(5)13-12-38(3)4)37-29-34-11-10-22(36-29)21-17-40(18-30(31,32)33)25-14-19(2)8-9-20(21)25/h7-11,14-17H,1,12-13,18H2,2-6H3,(H,35,41)(H,34,36,37). The summed E-state index contributed by atoms with van der Waals surface area (Å²) in [4.78, 5) is 25.3. The average Bonchev–Trinajstić information content (AvgIpc) is 3.27. The van der Waals surface area contributed by atoms with Crippen molar-refractivity contribution in [1.29, 1.82) is 0 Å². The van der Waals surface area contributed by atoms with E-state index >= 15 is 0 Å². The first-order valence-corrected chi connectivity index (χ1v) is 13.2. The van der Waals surface area contributed by atoms with Crippen LogP contribution >= 0.6 is 0 Å². The number of alkyl halides is 3. The normalized spacial score (nSPS) is 11.5. The molecule has 0 saturated carbocycles. The first-order chi connectivity index (χ1) is 19.9. The van der Waals surface area contributed by atoms with Crippen LogP contribution in [0, 0.1) is 6.92 Å². The Morgan fingerprint density at radius 3 is 2.55 bits per heavy atom. The van der Waals surface area contributed by atoms with Gasteiger partial charge in [0, 0.05) is 55.1 Å². The maximum atomic E-state index is 13.3. The summed E-state index contributed by atoms with van der Waals surface area (Å²) >= 11 is 0. The van der Waals surface area contributed by atoms with Crippen molar-refractivity contribution in [1.82, 2.24) is 19.4 Å².